The van der Waals surface area contributed by atoms with Crippen LogP contribution >= 0.6 is 11.3 Å². The fraction of sp³-hybridized carbons (Fsp3) is 0.733. The van der Waals surface area contributed by atoms with Crippen LogP contribution in [0.4, 0.5) is 0 Å². The predicted octanol–water partition coefficient (Wildman–Crippen LogP) is 2.63. The third-order valence-corrected chi connectivity index (χ3v) is 7.79. The topological polar surface area (TPSA) is 58.2 Å². The Bertz CT molecular complexity index is 609. The van der Waals surface area contributed by atoms with E-state index in [4.69, 9.17) is 0 Å². The summed E-state index contributed by atoms with van der Waals surface area (Å²) in [5, 5.41) is 5.18. The van der Waals surface area contributed by atoms with E-state index >= 15 is 0 Å². The minimum absolute atomic E-state index is 0.153. The van der Waals surface area contributed by atoms with E-state index in [9.17, 15) is 8.42 Å². The highest BCUT2D eigenvalue weighted by Gasteiger charge is 2.41. The lowest BCUT2D eigenvalue weighted by Gasteiger charge is -2.23. The molecule has 1 aromatic heterocycles. The first kappa shape index (κ1) is 15.5. The maximum atomic E-state index is 12.8. The molecule has 1 heterocycles. The minimum atomic E-state index is -3.39. The van der Waals surface area contributed by atoms with Crippen molar-refractivity contribution in [2.24, 2.45) is 11.8 Å². The summed E-state index contributed by atoms with van der Waals surface area (Å²) in [6, 6.07) is 0.153. The summed E-state index contributed by atoms with van der Waals surface area (Å²) in [6.45, 7) is 5.39. The van der Waals surface area contributed by atoms with Crippen LogP contribution in [-0.4, -0.2) is 21.0 Å². The SMILES string of the molecule is CCNCc1scc(C)c1S(=O)(=O)NC1CC2CCC1C2. The second kappa shape index (κ2) is 5.99. The van der Waals surface area contributed by atoms with Crippen molar-refractivity contribution in [3.8, 4) is 0 Å². The van der Waals surface area contributed by atoms with Gasteiger partial charge in [0.05, 0.1) is 0 Å². The number of sulfonamides is 1. The molecule has 2 saturated carbocycles. The molecule has 3 unspecified atom stereocenters. The van der Waals surface area contributed by atoms with Gasteiger partial charge in [0.25, 0.3) is 0 Å². The fourth-order valence-corrected chi connectivity index (χ4v) is 6.95. The molecular formula is C15H24N2O2S2. The van der Waals surface area contributed by atoms with Crippen molar-refractivity contribution in [1.82, 2.24) is 10.0 Å². The van der Waals surface area contributed by atoms with E-state index in [-0.39, 0.29) is 6.04 Å². The second-order valence-corrected chi connectivity index (χ2v) is 8.97. The summed E-state index contributed by atoms with van der Waals surface area (Å²) < 4.78 is 28.6. The largest absolute Gasteiger partial charge is 0.312 e. The van der Waals surface area contributed by atoms with Crippen molar-refractivity contribution in [1.29, 1.82) is 0 Å². The first-order valence-electron chi connectivity index (χ1n) is 7.81. The molecule has 3 atom stereocenters. The van der Waals surface area contributed by atoms with Gasteiger partial charge in [0, 0.05) is 17.5 Å². The Morgan fingerprint density at radius 3 is 2.76 bits per heavy atom. The lowest BCUT2D eigenvalue weighted by atomic mass is 9.96. The molecule has 2 fully saturated rings. The molecule has 21 heavy (non-hydrogen) atoms. The number of rotatable bonds is 6. The molecule has 2 aliphatic carbocycles. The molecule has 0 radical (unpaired) electrons. The normalized spacial score (nSPS) is 28.4. The summed E-state index contributed by atoms with van der Waals surface area (Å²) in [6.07, 6.45) is 4.70. The average Bonchev–Trinajstić information content (AvgIpc) is 3.11. The van der Waals surface area contributed by atoms with Crippen LogP contribution in [0, 0.1) is 18.8 Å². The van der Waals surface area contributed by atoms with E-state index in [2.05, 4.69) is 10.0 Å². The molecule has 0 amide bonds. The first-order valence-corrected chi connectivity index (χ1v) is 10.2. The van der Waals surface area contributed by atoms with Crippen LogP contribution < -0.4 is 10.0 Å². The van der Waals surface area contributed by atoms with Gasteiger partial charge in [-0.05, 0) is 55.5 Å². The Hall–Kier alpha value is -0.430. The molecule has 118 valence electrons. The first-order chi connectivity index (χ1) is 10.0. The summed E-state index contributed by atoms with van der Waals surface area (Å²) in [5.41, 5.74) is 0.864. The smallest absolute Gasteiger partial charge is 0.242 e. The number of nitrogens with one attached hydrogen (secondary N) is 2. The molecular weight excluding hydrogens is 304 g/mol. The van der Waals surface area contributed by atoms with E-state index in [0.29, 0.717) is 17.4 Å². The van der Waals surface area contributed by atoms with E-state index in [1.165, 1.54) is 30.6 Å². The van der Waals surface area contributed by atoms with Crippen molar-refractivity contribution in [3.05, 3.63) is 15.8 Å². The van der Waals surface area contributed by atoms with E-state index in [1.54, 1.807) is 0 Å². The predicted molar refractivity (Wildman–Crippen MR) is 86.0 cm³/mol. The average molecular weight is 329 g/mol. The third kappa shape index (κ3) is 3.04. The fourth-order valence-electron chi connectivity index (χ4n) is 3.86. The van der Waals surface area contributed by atoms with Gasteiger partial charge < -0.3 is 5.32 Å². The summed E-state index contributed by atoms with van der Waals surface area (Å²) in [7, 11) is -3.39. The highest BCUT2D eigenvalue weighted by Crippen LogP contribution is 2.45. The molecule has 0 aromatic carbocycles. The number of fused-ring (bicyclic) bond motifs is 2. The van der Waals surface area contributed by atoms with Crippen molar-refractivity contribution < 1.29 is 8.42 Å². The van der Waals surface area contributed by atoms with Crippen LogP contribution in [0.25, 0.3) is 0 Å². The number of hydrogen-bond acceptors (Lipinski definition) is 4. The van der Waals surface area contributed by atoms with Crippen molar-refractivity contribution in [2.75, 3.05) is 6.54 Å². The van der Waals surface area contributed by atoms with Gasteiger partial charge in [-0.3, -0.25) is 0 Å². The van der Waals surface area contributed by atoms with Crippen LogP contribution in [-0.2, 0) is 16.6 Å². The van der Waals surface area contributed by atoms with Crippen molar-refractivity contribution in [2.45, 2.75) is 57.0 Å². The van der Waals surface area contributed by atoms with Gasteiger partial charge in [-0.15, -0.1) is 11.3 Å². The zero-order valence-corrected chi connectivity index (χ0v) is 14.3. The third-order valence-electron chi connectivity index (χ3n) is 4.84. The lowest BCUT2D eigenvalue weighted by molar-refractivity contribution is 0.390. The molecule has 2 N–H and O–H groups in total. The highest BCUT2D eigenvalue weighted by molar-refractivity contribution is 7.89. The molecule has 1 aromatic rings. The summed E-state index contributed by atoms with van der Waals surface area (Å²) >= 11 is 1.53. The lowest BCUT2D eigenvalue weighted by Crippen LogP contribution is -2.38. The molecule has 2 aliphatic rings. The van der Waals surface area contributed by atoms with Gasteiger partial charge in [0.2, 0.25) is 10.0 Å². The van der Waals surface area contributed by atoms with Gasteiger partial charge in [-0.1, -0.05) is 13.3 Å². The maximum absolute atomic E-state index is 12.8. The Balaban J connectivity index is 1.80. The van der Waals surface area contributed by atoms with Crippen molar-refractivity contribution >= 4 is 21.4 Å². The van der Waals surface area contributed by atoms with Crippen LogP contribution in [0.5, 0.6) is 0 Å². The zero-order valence-electron chi connectivity index (χ0n) is 12.7. The Kier molecular flexibility index (Phi) is 4.41. The number of aryl methyl sites for hydroxylation is 1. The van der Waals surface area contributed by atoms with Gasteiger partial charge in [0.15, 0.2) is 0 Å². The van der Waals surface area contributed by atoms with Crippen LogP contribution in [0.2, 0.25) is 0 Å². The molecule has 0 spiro atoms. The van der Waals surface area contributed by atoms with Crippen LogP contribution in [0.1, 0.15) is 43.0 Å². The minimum Gasteiger partial charge on any atom is -0.312 e. The van der Waals surface area contributed by atoms with E-state index < -0.39 is 10.0 Å². The van der Waals surface area contributed by atoms with E-state index in [1.807, 2.05) is 19.2 Å². The molecule has 0 aliphatic heterocycles. The molecule has 2 bridgehead atoms. The van der Waals surface area contributed by atoms with Gasteiger partial charge >= 0.3 is 0 Å². The van der Waals surface area contributed by atoms with Gasteiger partial charge in [0.1, 0.15) is 4.90 Å². The van der Waals surface area contributed by atoms with Gasteiger partial charge in [-0.2, -0.15) is 0 Å². The Morgan fingerprint density at radius 1 is 1.33 bits per heavy atom. The quantitative estimate of drug-likeness (QED) is 0.844. The van der Waals surface area contributed by atoms with Gasteiger partial charge in [-0.25, -0.2) is 13.1 Å². The van der Waals surface area contributed by atoms with E-state index in [0.717, 1.165) is 29.3 Å². The highest BCUT2D eigenvalue weighted by atomic mass is 32.2. The molecule has 3 rings (SSSR count). The molecule has 0 saturated heterocycles. The zero-order chi connectivity index (χ0) is 15.0. The Labute approximate surface area is 131 Å². The van der Waals surface area contributed by atoms with Crippen molar-refractivity contribution in [3.63, 3.8) is 0 Å². The Morgan fingerprint density at radius 2 is 2.14 bits per heavy atom. The monoisotopic (exact) mass is 328 g/mol. The van der Waals surface area contributed by atoms with Crippen LogP contribution in [0.15, 0.2) is 10.3 Å². The molecule has 4 nitrogen and oxygen atoms in total. The maximum Gasteiger partial charge on any atom is 0.242 e. The number of hydrogen-bond donors (Lipinski definition) is 2. The summed E-state index contributed by atoms with van der Waals surface area (Å²) in [5.74, 6) is 1.30. The summed E-state index contributed by atoms with van der Waals surface area (Å²) in [4.78, 5) is 1.43. The second-order valence-electron chi connectivity index (χ2n) is 6.35. The standard InChI is InChI=1S/C15H24N2O2S2/c1-3-16-8-14-15(10(2)9-20-14)21(18,19)17-13-7-11-4-5-12(13)6-11/h9,11-13,16-17H,3-8H2,1-2H3. The molecule has 6 heteroatoms. The number of thiophene rings is 1. The van der Waals surface area contributed by atoms with Crippen LogP contribution in [0.3, 0.4) is 0 Å².